The molecule has 1 aliphatic heterocycles. The predicted octanol–water partition coefficient (Wildman–Crippen LogP) is 3.99. The van der Waals surface area contributed by atoms with Crippen molar-refractivity contribution in [3.8, 4) is 5.88 Å². The van der Waals surface area contributed by atoms with Gasteiger partial charge in [-0.05, 0) is 30.7 Å². The van der Waals surface area contributed by atoms with Crippen molar-refractivity contribution in [3.05, 3.63) is 57.2 Å². The molecular weight excluding hydrogens is 375 g/mol. The highest BCUT2D eigenvalue weighted by molar-refractivity contribution is 6.42. The molecule has 1 aromatic carbocycles. The van der Waals surface area contributed by atoms with E-state index in [1.165, 1.54) is 0 Å². The molecule has 7 heteroatoms. The van der Waals surface area contributed by atoms with E-state index in [0.29, 0.717) is 40.3 Å². The third kappa shape index (κ3) is 4.48. The first-order valence-corrected chi connectivity index (χ1v) is 9.31. The number of nitrogens with zero attached hydrogens (tertiary/aromatic N) is 1. The van der Waals surface area contributed by atoms with Crippen molar-refractivity contribution >= 4 is 23.2 Å². The second-order valence-corrected chi connectivity index (χ2v) is 7.28. The van der Waals surface area contributed by atoms with Crippen LogP contribution in [0.5, 0.6) is 5.88 Å². The van der Waals surface area contributed by atoms with E-state index in [1.54, 1.807) is 24.4 Å². The fourth-order valence-corrected chi connectivity index (χ4v) is 3.24. The number of benzene rings is 1. The first-order valence-electron chi connectivity index (χ1n) is 8.55. The van der Waals surface area contributed by atoms with E-state index in [2.05, 4.69) is 4.98 Å². The van der Waals surface area contributed by atoms with Gasteiger partial charge in [-0.15, -0.1) is 0 Å². The number of pyridine rings is 1. The largest absolute Gasteiger partial charge is 0.474 e. The molecule has 3 N–H and O–H groups in total. The van der Waals surface area contributed by atoms with Gasteiger partial charge in [0.05, 0.1) is 35.4 Å². The van der Waals surface area contributed by atoms with Crippen LogP contribution < -0.4 is 10.5 Å². The Bertz CT molecular complexity index is 766. The van der Waals surface area contributed by atoms with Crippen LogP contribution in [0.4, 0.5) is 0 Å². The highest BCUT2D eigenvalue weighted by Crippen LogP contribution is 2.32. The second-order valence-electron chi connectivity index (χ2n) is 6.46. The molecule has 2 aromatic rings. The van der Waals surface area contributed by atoms with Crippen LogP contribution in [0, 0.1) is 6.92 Å². The first kappa shape index (κ1) is 19.4. The van der Waals surface area contributed by atoms with Crippen LogP contribution in [-0.4, -0.2) is 29.4 Å². The minimum Gasteiger partial charge on any atom is -0.474 e. The van der Waals surface area contributed by atoms with Crippen LogP contribution in [0.2, 0.25) is 10.0 Å². The van der Waals surface area contributed by atoms with E-state index in [0.717, 1.165) is 18.4 Å². The summed E-state index contributed by atoms with van der Waals surface area (Å²) in [5, 5.41) is 11.5. The molecule has 0 amide bonds. The molecule has 2 atom stereocenters. The predicted molar refractivity (Wildman–Crippen MR) is 102 cm³/mol. The van der Waals surface area contributed by atoms with Gasteiger partial charge in [0, 0.05) is 30.2 Å². The van der Waals surface area contributed by atoms with Crippen molar-refractivity contribution in [2.24, 2.45) is 5.73 Å². The summed E-state index contributed by atoms with van der Waals surface area (Å²) in [6, 6.07) is 6.29. The maximum absolute atomic E-state index is 10.6. The zero-order valence-electron chi connectivity index (χ0n) is 14.5. The number of hydrogen-bond acceptors (Lipinski definition) is 5. The summed E-state index contributed by atoms with van der Waals surface area (Å²) in [6.07, 6.45) is 2.50. The van der Waals surface area contributed by atoms with Crippen molar-refractivity contribution < 1.29 is 14.6 Å². The number of rotatable bonds is 5. The zero-order valence-corrected chi connectivity index (χ0v) is 16.0. The minimum atomic E-state index is -0.921. The van der Waals surface area contributed by atoms with Crippen molar-refractivity contribution in [2.45, 2.75) is 38.0 Å². The van der Waals surface area contributed by atoms with Gasteiger partial charge in [-0.2, -0.15) is 0 Å². The molecule has 0 radical (unpaired) electrons. The highest BCUT2D eigenvalue weighted by atomic mass is 35.5. The van der Waals surface area contributed by atoms with E-state index in [9.17, 15) is 5.11 Å². The van der Waals surface area contributed by atoms with Crippen LogP contribution in [0.15, 0.2) is 30.5 Å². The highest BCUT2D eigenvalue weighted by Gasteiger charge is 2.22. The number of hydrogen-bond donors (Lipinski definition) is 2. The maximum Gasteiger partial charge on any atom is 0.216 e. The molecule has 2 heterocycles. The van der Waals surface area contributed by atoms with Crippen LogP contribution in [0.3, 0.4) is 0 Å². The summed E-state index contributed by atoms with van der Waals surface area (Å²) < 4.78 is 11.3. The van der Waals surface area contributed by atoms with Crippen molar-refractivity contribution in [1.82, 2.24) is 4.98 Å². The molecule has 3 rings (SSSR count). The summed E-state index contributed by atoms with van der Waals surface area (Å²) >= 11 is 12.0. The topological polar surface area (TPSA) is 77.6 Å². The fraction of sp³-hybridized carbons (Fsp3) is 0.421. The monoisotopic (exact) mass is 396 g/mol. The molecule has 0 saturated carbocycles. The smallest absolute Gasteiger partial charge is 0.216 e. The van der Waals surface area contributed by atoms with E-state index in [1.807, 2.05) is 13.0 Å². The summed E-state index contributed by atoms with van der Waals surface area (Å²) in [5.41, 5.74) is 8.38. The van der Waals surface area contributed by atoms with Gasteiger partial charge in [-0.25, -0.2) is 4.98 Å². The van der Waals surface area contributed by atoms with Crippen LogP contribution in [-0.2, 0) is 4.74 Å². The third-order valence-corrected chi connectivity index (χ3v) is 5.25. The van der Waals surface area contributed by atoms with Crippen molar-refractivity contribution in [1.29, 1.82) is 0 Å². The molecule has 0 spiro atoms. The van der Waals surface area contributed by atoms with Crippen LogP contribution >= 0.6 is 23.2 Å². The summed E-state index contributed by atoms with van der Waals surface area (Å²) in [4.78, 5) is 4.38. The van der Waals surface area contributed by atoms with Crippen LogP contribution in [0.1, 0.15) is 41.7 Å². The molecule has 0 unspecified atom stereocenters. The molecule has 1 aromatic heterocycles. The molecule has 0 aliphatic carbocycles. The number of halogens is 2. The van der Waals surface area contributed by atoms with E-state index in [-0.39, 0.29) is 6.10 Å². The average Bonchev–Trinajstić information content (AvgIpc) is 2.65. The first-order chi connectivity index (χ1) is 12.5. The second kappa shape index (κ2) is 8.55. The van der Waals surface area contributed by atoms with Gasteiger partial charge in [-0.3, -0.25) is 0 Å². The lowest BCUT2D eigenvalue weighted by molar-refractivity contribution is 0.0234. The minimum absolute atomic E-state index is 0.115. The molecule has 26 heavy (non-hydrogen) atoms. The van der Waals surface area contributed by atoms with Gasteiger partial charge in [0.1, 0.15) is 6.10 Å². The maximum atomic E-state index is 10.6. The number of aromatic nitrogens is 1. The molecule has 1 aliphatic rings. The zero-order chi connectivity index (χ0) is 18.7. The van der Waals surface area contributed by atoms with Gasteiger partial charge < -0.3 is 20.3 Å². The Morgan fingerprint density at radius 2 is 1.92 bits per heavy atom. The molecule has 1 fully saturated rings. The van der Waals surface area contributed by atoms with Gasteiger partial charge in [-0.1, -0.05) is 29.3 Å². The lowest BCUT2D eigenvalue weighted by atomic mass is 9.97. The SMILES string of the molecule is Cc1cc([C@H](O)[C@H](N)c2ccc(Cl)c(Cl)c2)cnc1OC1CCOCC1. The Hall–Kier alpha value is -1.37. The lowest BCUT2D eigenvalue weighted by Gasteiger charge is -2.24. The Kier molecular flexibility index (Phi) is 6.37. The van der Waals surface area contributed by atoms with Crippen molar-refractivity contribution in [2.75, 3.05) is 13.2 Å². The number of aliphatic hydroxyl groups excluding tert-OH is 1. The third-order valence-electron chi connectivity index (χ3n) is 4.51. The molecule has 140 valence electrons. The Labute approximate surface area is 163 Å². The lowest BCUT2D eigenvalue weighted by Crippen LogP contribution is -2.26. The van der Waals surface area contributed by atoms with Gasteiger partial charge in [0.15, 0.2) is 0 Å². The normalized spacial score (nSPS) is 17.7. The Morgan fingerprint density at radius 3 is 2.58 bits per heavy atom. The Balaban J connectivity index is 1.73. The summed E-state index contributed by atoms with van der Waals surface area (Å²) in [7, 11) is 0. The summed E-state index contributed by atoms with van der Waals surface area (Å²) in [5.74, 6) is 0.580. The van der Waals surface area contributed by atoms with Gasteiger partial charge in [0.2, 0.25) is 5.88 Å². The van der Waals surface area contributed by atoms with E-state index < -0.39 is 12.1 Å². The Morgan fingerprint density at radius 1 is 1.19 bits per heavy atom. The summed E-state index contributed by atoms with van der Waals surface area (Å²) in [6.45, 7) is 3.32. The van der Waals surface area contributed by atoms with E-state index in [4.69, 9.17) is 38.4 Å². The van der Waals surface area contributed by atoms with Crippen LogP contribution in [0.25, 0.3) is 0 Å². The van der Waals surface area contributed by atoms with E-state index >= 15 is 0 Å². The fourth-order valence-electron chi connectivity index (χ4n) is 2.93. The standard InChI is InChI=1S/C19H22Cl2N2O3/c1-11-8-13(10-23-19(11)26-14-4-6-25-7-5-14)18(24)17(22)12-2-3-15(20)16(21)9-12/h2-3,8-10,14,17-18,24H,4-7,22H2,1H3/t17-,18+/m1/s1. The average molecular weight is 397 g/mol. The number of aryl methyl sites for hydroxylation is 1. The number of nitrogens with two attached hydrogens (primary N) is 1. The molecule has 5 nitrogen and oxygen atoms in total. The van der Waals surface area contributed by atoms with Crippen molar-refractivity contribution in [3.63, 3.8) is 0 Å². The number of aliphatic hydroxyl groups is 1. The van der Waals surface area contributed by atoms with Gasteiger partial charge in [0.25, 0.3) is 0 Å². The molecular formula is C19H22Cl2N2O3. The molecule has 1 saturated heterocycles. The number of ether oxygens (including phenoxy) is 2. The van der Waals surface area contributed by atoms with Gasteiger partial charge >= 0.3 is 0 Å². The quantitative estimate of drug-likeness (QED) is 0.798. The molecule has 0 bridgehead atoms.